The number of fused-ring (bicyclic) bond motifs is 2. The minimum atomic E-state index is -1.12. The Morgan fingerprint density at radius 2 is 1.64 bits per heavy atom. The van der Waals surface area contributed by atoms with Crippen LogP contribution < -0.4 is 4.35 Å². The molecule has 0 aliphatic carbocycles. The molecule has 4 heteroatoms. The number of nitrogens with zero attached hydrogens (tertiary/aromatic N) is 1. The van der Waals surface area contributed by atoms with Gasteiger partial charge in [-0.25, -0.2) is 0 Å². The molecule has 0 radical (unpaired) electrons. The molecular weight excluding hydrogens is 371 g/mol. The van der Waals surface area contributed by atoms with E-state index in [1.54, 1.807) is 0 Å². The van der Waals surface area contributed by atoms with Gasteiger partial charge in [0.05, 0.1) is 0 Å². The standard InChI is InChI=1S/C21H21AsN2O/c1-3-22(4-2)16-13-19(23-17-11-7-5-9-14(16)17)20-15-10-6-8-12-18(15)24-21(20)25/h5-13,24-25H,3-4H2,1-2H3. The number of para-hydroxylation sites is 2. The number of aromatic hydroxyl groups is 1. The summed E-state index contributed by atoms with van der Waals surface area (Å²) in [7, 11) is 0. The van der Waals surface area contributed by atoms with Crippen molar-refractivity contribution < 1.29 is 5.11 Å². The van der Waals surface area contributed by atoms with Crippen LogP contribution in [0.15, 0.2) is 54.6 Å². The maximum atomic E-state index is 10.5. The predicted octanol–water partition coefficient (Wildman–Crippen LogP) is 4.83. The quantitative estimate of drug-likeness (QED) is 0.489. The molecule has 0 unspecified atom stereocenters. The first-order chi connectivity index (χ1) is 12.2. The molecule has 0 atom stereocenters. The first-order valence-electron chi connectivity index (χ1n) is 8.67. The summed E-state index contributed by atoms with van der Waals surface area (Å²) in [5, 5.41) is 15.3. The third-order valence-corrected chi connectivity index (χ3v) is 10.2. The SMILES string of the molecule is CC[As](CC)c1cc(-c2c(O)[nH]c3ccccc23)nc2ccccc12. The number of nitrogens with one attached hydrogen (secondary N) is 1. The number of aromatic amines is 1. The Kier molecular flexibility index (Phi) is 4.27. The van der Waals surface area contributed by atoms with Crippen molar-refractivity contribution in [3.63, 3.8) is 0 Å². The number of pyridine rings is 1. The average Bonchev–Trinajstić information content (AvgIpc) is 2.98. The van der Waals surface area contributed by atoms with Crippen molar-refractivity contribution in [1.29, 1.82) is 0 Å². The van der Waals surface area contributed by atoms with Gasteiger partial charge in [-0.15, -0.1) is 0 Å². The second-order valence-electron chi connectivity index (χ2n) is 6.11. The Morgan fingerprint density at radius 1 is 0.960 bits per heavy atom. The molecule has 0 spiro atoms. The van der Waals surface area contributed by atoms with E-state index in [1.165, 1.54) is 20.2 Å². The Bertz CT molecular complexity index is 1050. The Hall–Kier alpha value is -2.25. The van der Waals surface area contributed by atoms with Gasteiger partial charge in [0.2, 0.25) is 0 Å². The van der Waals surface area contributed by atoms with Crippen molar-refractivity contribution in [3.05, 3.63) is 54.6 Å². The zero-order valence-corrected chi connectivity index (χ0v) is 16.3. The van der Waals surface area contributed by atoms with Gasteiger partial charge < -0.3 is 0 Å². The molecule has 126 valence electrons. The van der Waals surface area contributed by atoms with Crippen LogP contribution in [0.1, 0.15) is 13.8 Å². The fourth-order valence-corrected chi connectivity index (χ4v) is 7.62. The normalized spacial score (nSPS) is 11.6. The van der Waals surface area contributed by atoms with Crippen molar-refractivity contribution in [2.24, 2.45) is 0 Å². The van der Waals surface area contributed by atoms with Gasteiger partial charge in [-0.1, -0.05) is 0 Å². The molecule has 2 N–H and O–H groups in total. The summed E-state index contributed by atoms with van der Waals surface area (Å²) in [5.74, 6) is 0.196. The summed E-state index contributed by atoms with van der Waals surface area (Å²) in [5.41, 5.74) is 3.63. The van der Waals surface area contributed by atoms with Gasteiger partial charge in [0.25, 0.3) is 0 Å². The van der Waals surface area contributed by atoms with E-state index in [4.69, 9.17) is 4.98 Å². The van der Waals surface area contributed by atoms with Crippen LogP contribution in [-0.4, -0.2) is 29.7 Å². The van der Waals surface area contributed by atoms with Crippen molar-refractivity contribution in [1.82, 2.24) is 9.97 Å². The fourth-order valence-electron chi connectivity index (χ4n) is 3.50. The van der Waals surface area contributed by atoms with Gasteiger partial charge in [-0.2, -0.15) is 0 Å². The van der Waals surface area contributed by atoms with Crippen LogP contribution in [0.5, 0.6) is 5.88 Å². The molecule has 25 heavy (non-hydrogen) atoms. The number of hydrogen-bond donors (Lipinski definition) is 2. The molecule has 4 rings (SSSR count). The van der Waals surface area contributed by atoms with E-state index in [1.807, 2.05) is 30.3 Å². The summed E-state index contributed by atoms with van der Waals surface area (Å²) >= 11 is -1.12. The molecule has 0 aliphatic heterocycles. The van der Waals surface area contributed by atoms with Crippen LogP contribution >= 0.6 is 0 Å². The summed E-state index contributed by atoms with van der Waals surface area (Å²) in [4.78, 5) is 7.96. The molecule has 0 amide bonds. The number of aromatic nitrogens is 2. The summed E-state index contributed by atoms with van der Waals surface area (Å²) in [6.07, 6.45) is 0. The van der Waals surface area contributed by atoms with Gasteiger partial charge in [0.15, 0.2) is 0 Å². The van der Waals surface area contributed by atoms with Crippen LogP contribution in [0.3, 0.4) is 0 Å². The van der Waals surface area contributed by atoms with Crippen LogP contribution in [0.2, 0.25) is 10.4 Å². The number of hydrogen-bond acceptors (Lipinski definition) is 2. The zero-order valence-electron chi connectivity index (χ0n) is 14.5. The Labute approximate surface area is 152 Å². The first-order valence-corrected chi connectivity index (χ1v) is 12.3. The van der Waals surface area contributed by atoms with E-state index in [0.717, 1.165) is 27.7 Å². The molecular formula is C21H21AsN2O. The summed E-state index contributed by atoms with van der Waals surface area (Å²) in [6, 6.07) is 18.6. The third-order valence-electron chi connectivity index (χ3n) is 4.74. The minimum absolute atomic E-state index is 0.196. The van der Waals surface area contributed by atoms with Crippen molar-refractivity contribution in [2.45, 2.75) is 24.3 Å². The van der Waals surface area contributed by atoms with E-state index in [9.17, 15) is 5.11 Å². The summed E-state index contributed by atoms with van der Waals surface area (Å²) < 4.78 is 1.46. The van der Waals surface area contributed by atoms with Gasteiger partial charge in [0.1, 0.15) is 0 Å². The van der Waals surface area contributed by atoms with Crippen molar-refractivity contribution in [2.75, 3.05) is 0 Å². The molecule has 3 nitrogen and oxygen atoms in total. The van der Waals surface area contributed by atoms with Gasteiger partial charge in [-0.05, 0) is 0 Å². The number of rotatable bonds is 4. The molecule has 4 aromatic rings. The van der Waals surface area contributed by atoms with E-state index in [2.05, 4.69) is 43.1 Å². The van der Waals surface area contributed by atoms with E-state index in [-0.39, 0.29) is 5.88 Å². The number of H-pyrrole nitrogens is 1. The van der Waals surface area contributed by atoms with Crippen LogP contribution in [0.25, 0.3) is 33.1 Å². The topological polar surface area (TPSA) is 48.9 Å². The second-order valence-corrected chi connectivity index (χ2v) is 12.0. The van der Waals surface area contributed by atoms with E-state index < -0.39 is 14.7 Å². The molecule has 2 aromatic carbocycles. The monoisotopic (exact) mass is 392 g/mol. The van der Waals surface area contributed by atoms with Crippen LogP contribution in [0, 0.1) is 0 Å². The Morgan fingerprint density at radius 3 is 2.40 bits per heavy atom. The first kappa shape index (κ1) is 16.2. The van der Waals surface area contributed by atoms with Crippen LogP contribution in [0.4, 0.5) is 0 Å². The predicted molar refractivity (Wildman–Crippen MR) is 107 cm³/mol. The average molecular weight is 392 g/mol. The van der Waals surface area contributed by atoms with Gasteiger partial charge in [-0.3, -0.25) is 0 Å². The Balaban J connectivity index is 2.03. The van der Waals surface area contributed by atoms with Gasteiger partial charge >= 0.3 is 152 Å². The molecule has 0 saturated heterocycles. The van der Waals surface area contributed by atoms with Crippen molar-refractivity contribution in [3.8, 4) is 17.1 Å². The molecule has 2 heterocycles. The molecule has 0 saturated carbocycles. The maximum absolute atomic E-state index is 10.5. The van der Waals surface area contributed by atoms with E-state index >= 15 is 0 Å². The second kappa shape index (κ2) is 6.57. The van der Waals surface area contributed by atoms with Crippen LogP contribution in [-0.2, 0) is 0 Å². The molecule has 0 aliphatic rings. The third kappa shape index (κ3) is 2.73. The van der Waals surface area contributed by atoms with Crippen molar-refractivity contribution >= 4 is 40.8 Å². The molecule has 2 aromatic heterocycles. The summed E-state index contributed by atoms with van der Waals surface area (Å²) in [6.45, 7) is 4.59. The number of benzene rings is 2. The fraction of sp³-hybridized carbons (Fsp3) is 0.190. The van der Waals surface area contributed by atoms with Gasteiger partial charge in [0, 0.05) is 0 Å². The van der Waals surface area contributed by atoms with E-state index in [0.29, 0.717) is 0 Å². The molecule has 0 bridgehead atoms. The zero-order chi connectivity index (χ0) is 17.4. The molecule has 0 fully saturated rings.